The summed E-state index contributed by atoms with van der Waals surface area (Å²) in [4.78, 5) is 11.6. The fourth-order valence-corrected chi connectivity index (χ4v) is 2.58. The maximum atomic E-state index is 11.6. The van der Waals surface area contributed by atoms with Crippen LogP contribution in [-0.2, 0) is 32.2 Å². The highest BCUT2D eigenvalue weighted by molar-refractivity contribution is 5.77. The minimum atomic E-state index is -1.28. The predicted molar refractivity (Wildman–Crippen MR) is 87.0 cm³/mol. The number of aliphatic hydroxyl groups is 1. The van der Waals surface area contributed by atoms with Crippen LogP contribution in [0.15, 0.2) is 60.7 Å². The van der Waals surface area contributed by atoms with Crippen LogP contribution in [0.3, 0.4) is 0 Å². The summed E-state index contributed by atoms with van der Waals surface area (Å²) in [5.74, 6) is -0.665. The third kappa shape index (κ3) is 4.20. The Bertz CT molecular complexity index is 643. The molecule has 126 valence electrons. The summed E-state index contributed by atoms with van der Waals surface area (Å²) in [6.45, 7) is 0.891. The lowest BCUT2D eigenvalue weighted by molar-refractivity contribution is -0.149. The molecule has 5 nitrogen and oxygen atoms in total. The van der Waals surface area contributed by atoms with Crippen LogP contribution < -0.4 is 0 Å². The van der Waals surface area contributed by atoms with Crippen molar-refractivity contribution in [2.45, 2.75) is 31.5 Å². The third-order valence-corrected chi connectivity index (χ3v) is 3.87. The molecule has 0 aliphatic carbocycles. The van der Waals surface area contributed by atoms with E-state index in [1.54, 1.807) is 0 Å². The highest BCUT2D eigenvalue weighted by Crippen LogP contribution is 2.21. The number of benzene rings is 2. The van der Waals surface area contributed by atoms with Gasteiger partial charge in [0.05, 0.1) is 19.8 Å². The van der Waals surface area contributed by atoms with Gasteiger partial charge in [0.2, 0.25) is 0 Å². The van der Waals surface area contributed by atoms with Gasteiger partial charge in [-0.3, -0.25) is 0 Å². The van der Waals surface area contributed by atoms with E-state index in [-0.39, 0.29) is 6.61 Å². The standard InChI is InChI=1S/C19H20O5/c20-17-18(23-12-15-9-5-2-6-10-15)16(24-19(17)21)13-22-11-14-7-3-1-4-8-14/h1-10,16-18,20H,11-13H2/t16-,17?,18+/m1/s1. The van der Waals surface area contributed by atoms with Gasteiger partial charge in [0.1, 0.15) is 6.10 Å². The minimum absolute atomic E-state index is 0.178. The minimum Gasteiger partial charge on any atom is -0.455 e. The second-order valence-corrected chi connectivity index (χ2v) is 5.68. The molecule has 2 aromatic rings. The van der Waals surface area contributed by atoms with Crippen molar-refractivity contribution in [1.29, 1.82) is 0 Å². The van der Waals surface area contributed by atoms with Gasteiger partial charge in [-0.1, -0.05) is 60.7 Å². The first-order chi connectivity index (χ1) is 11.7. The summed E-state index contributed by atoms with van der Waals surface area (Å²) in [6, 6.07) is 19.3. The lowest BCUT2D eigenvalue weighted by Gasteiger charge is -2.19. The van der Waals surface area contributed by atoms with Gasteiger partial charge < -0.3 is 19.3 Å². The topological polar surface area (TPSA) is 65.0 Å². The molecule has 1 aliphatic heterocycles. The molecule has 1 aliphatic rings. The van der Waals surface area contributed by atoms with Crippen molar-refractivity contribution in [3.63, 3.8) is 0 Å². The maximum absolute atomic E-state index is 11.6. The second kappa shape index (κ2) is 8.06. The van der Waals surface area contributed by atoms with E-state index in [0.717, 1.165) is 11.1 Å². The van der Waals surface area contributed by atoms with Crippen LogP contribution in [0.5, 0.6) is 0 Å². The lowest BCUT2D eigenvalue weighted by Crippen LogP contribution is -2.36. The molecular formula is C19H20O5. The Morgan fingerprint density at radius 3 is 2.12 bits per heavy atom. The average Bonchev–Trinajstić information content (AvgIpc) is 2.89. The largest absolute Gasteiger partial charge is 0.455 e. The number of aliphatic hydroxyl groups excluding tert-OH is 1. The smallest absolute Gasteiger partial charge is 0.338 e. The molecule has 5 heteroatoms. The van der Waals surface area contributed by atoms with Crippen LogP contribution in [0.1, 0.15) is 11.1 Å². The molecule has 1 fully saturated rings. The summed E-state index contributed by atoms with van der Waals surface area (Å²) in [5.41, 5.74) is 2.00. The monoisotopic (exact) mass is 328 g/mol. The fraction of sp³-hybridized carbons (Fsp3) is 0.316. The molecule has 1 unspecified atom stereocenters. The molecule has 0 aromatic heterocycles. The van der Waals surface area contributed by atoms with Crippen LogP contribution in [0.25, 0.3) is 0 Å². The molecule has 0 radical (unpaired) electrons. The normalized spacial score (nSPS) is 23.2. The highest BCUT2D eigenvalue weighted by atomic mass is 16.6. The number of hydrogen-bond donors (Lipinski definition) is 1. The van der Waals surface area contributed by atoms with Gasteiger partial charge in [0, 0.05) is 0 Å². The predicted octanol–water partition coefficient (Wildman–Crippen LogP) is 2.07. The first-order valence-corrected chi connectivity index (χ1v) is 7.90. The van der Waals surface area contributed by atoms with Crippen molar-refractivity contribution < 1.29 is 24.1 Å². The zero-order chi connectivity index (χ0) is 16.8. The zero-order valence-electron chi connectivity index (χ0n) is 13.2. The fourth-order valence-electron chi connectivity index (χ4n) is 2.58. The van der Waals surface area contributed by atoms with Crippen molar-refractivity contribution in [3.05, 3.63) is 71.8 Å². The molecule has 3 atom stereocenters. The molecule has 3 rings (SSSR count). The average molecular weight is 328 g/mol. The number of rotatable bonds is 7. The molecule has 1 N–H and O–H groups in total. The molecule has 0 amide bonds. The Morgan fingerprint density at radius 1 is 0.917 bits per heavy atom. The molecule has 2 aromatic carbocycles. The van der Waals surface area contributed by atoms with E-state index in [2.05, 4.69) is 0 Å². The molecule has 1 heterocycles. The van der Waals surface area contributed by atoms with E-state index in [9.17, 15) is 9.90 Å². The van der Waals surface area contributed by atoms with Gasteiger partial charge in [-0.15, -0.1) is 0 Å². The van der Waals surface area contributed by atoms with Crippen LogP contribution in [0.2, 0.25) is 0 Å². The van der Waals surface area contributed by atoms with Crippen molar-refractivity contribution in [2.24, 2.45) is 0 Å². The van der Waals surface area contributed by atoms with E-state index in [4.69, 9.17) is 14.2 Å². The summed E-state index contributed by atoms with van der Waals surface area (Å²) in [5, 5.41) is 9.97. The number of hydrogen-bond acceptors (Lipinski definition) is 5. The number of esters is 1. The lowest BCUT2D eigenvalue weighted by atomic mass is 10.1. The number of carbonyl (C=O) groups excluding carboxylic acids is 1. The number of cyclic esters (lactones) is 1. The van der Waals surface area contributed by atoms with E-state index in [1.165, 1.54) is 0 Å². The second-order valence-electron chi connectivity index (χ2n) is 5.68. The van der Waals surface area contributed by atoms with E-state index in [1.807, 2.05) is 60.7 Å². The summed E-state index contributed by atoms with van der Waals surface area (Å²) >= 11 is 0. The Morgan fingerprint density at radius 2 is 1.50 bits per heavy atom. The first kappa shape index (κ1) is 16.6. The Kier molecular flexibility index (Phi) is 5.59. The van der Waals surface area contributed by atoms with E-state index < -0.39 is 24.3 Å². The summed E-state index contributed by atoms with van der Waals surface area (Å²) in [7, 11) is 0. The SMILES string of the molecule is O=C1O[C@H](COCc2ccccc2)[C@H](OCc2ccccc2)C1O. The molecule has 1 saturated heterocycles. The van der Waals surface area contributed by atoms with Gasteiger partial charge in [0.15, 0.2) is 12.2 Å². The van der Waals surface area contributed by atoms with Gasteiger partial charge >= 0.3 is 5.97 Å². The van der Waals surface area contributed by atoms with Crippen LogP contribution >= 0.6 is 0 Å². The number of ether oxygens (including phenoxy) is 3. The first-order valence-electron chi connectivity index (χ1n) is 7.90. The quantitative estimate of drug-likeness (QED) is 0.788. The van der Waals surface area contributed by atoms with E-state index in [0.29, 0.717) is 13.2 Å². The molecular weight excluding hydrogens is 308 g/mol. The van der Waals surface area contributed by atoms with Crippen LogP contribution in [0, 0.1) is 0 Å². The maximum Gasteiger partial charge on any atom is 0.338 e. The number of carbonyl (C=O) groups is 1. The Labute approximate surface area is 140 Å². The molecule has 24 heavy (non-hydrogen) atoms. The molecule has 0 bridgehead atoms. The van der Waals surface area contributed by atoms with Crippen molar-refractivity contribution in [3.8, 4) is 0 Å². The van der Waals surface area contributed by atoms with Crippen molar-refractivity contribution in [1.82, 2.24) is 0 Å². The molecule has 0 spiro atoms. The zero-order valence-corrected chi connectivity index (χ0v) is 13.2. The summed E-state index contributed by atoms with van der Waals surface area (Å²) < 4.78 is 16.5. The van der Waals surface area contributed by atoms with Crippen LogP contribution in [0.4, 0.5) is 0 Å². The van der Waals surface area contributed by atoms with Gasteiger partial charge in [0.25, 0.3) is 0 Å². The van der Waals surface area contributed by atoms with Gasteiger partial charge in [-0.25, -0.2) is 4.79 Å². The Balaban J connectivity index is 1.53. The van der Waals surface area contributed by atoms with E-state index >= 15 is 0 Å². The van der Waals surface area contributed by atoms with Gasteiger partial charge in [-0.2, -0.15) is 0 Å². The third-order valence-electron chi connectivity index (χ3n) is 3.87. The molecule has 0 saturated carbocycles. The van der Waals surface area contributed by atoms with Crippen molar-refractivity contribution in [2.75, 3.05) is 6.61 Å². The highest BCUT2D eigenvalue weighted by Gasteiger charge is 2.44. The summed E-state index contributed by atoms with van der Waals surface area (Å²) in [6.07, 6.45) is -2.62. The van der Waals surface area contributed by atoms with Gasteiger partial charge in [-0.05, 0) is 11.1 Å². The Hall–Kier alpha value is -2.21. The van der Waals surface area contributed by atoms with Crippen molar-refractivity contribution >= 4 is 5.97 Å². The van der Waals surface area contributed by atoms with Crippen LogP contribution in [-0.4, -0.2) is 36.0 Å².